The SMILES string of the molecule is FC(C(F)(F)F)C(F)(F)CC1COC(C(F)(F)C(F)N2CC(C(F)(F)F)OC(C(F)(F)F)C2)CO1. The monoisotopic (exact) mass is 555 g/mol. The van der Waals surface area contributed by atoms with Crippen molar-refractivity contribution in [3.05, 3.63) is 0 Å². The maximum atomic E-state index is 14.5. The standard InChI is InChI=1S/C16H16F15NO3/c17-10(16(29,30)31)12(19,20)1-6-4-34-9(5-33-6)13(21,22)11(18)32-2-7(14(23,24)25)35-8(3-32)15(26,27)28/h6-11H,1-5H2. The predicted molar refractivity (Wildman–Crippen MR) is 82.2 cm³/mol. The molecule has 2 rings (SSSR count). The van der Waals surface area contributed by atoms with Gasteiger partial charge >= 0.3 is 24.5 Å². The molecule has 0 bridgehead atoms. The molecule has 19 heteroatoms. The second-order valence-corrected chi connectivity index (χ2v) is 7.81. The summed E-state index contributed by atoms with van der Waals surface area (Å²) in [5, 5.41) is 0. The van der Waals surface area contributed by atoms with Crippen molar-refractivity contribution >= 4 is 0 Å². The van der Waals surface area contributed by atoms with Gasteiger partial charge in [0.1, 0.15) is 6.10 Å². The summed E-state index contributed by atoms with van der Waals surface area (Å²) in [5.41, 5.74) is 0. The molecule has 2 heterocycles. The molecule has 208 valence electrons. The molecule has 0 radical (unpaired) electrons. The Labute approximate surface area is 186 Å². The number of halogens is 15. The lowest BCUT2D eigenvalue weighted by molar-refractivity contribution is -0.325. The van der Waals surface area contributed by atoms with E-state index in [-0.39, 0.29) is 0 Å². The third-order valence-electron chi connectivity index (χ3n) is 5.05. The zero-order valence-corrected chi connectivity index (χ0v) is 16.8. The van der Waals surface area contributed by atoms with Crippen LogP contribution in [0.15, 0.2) is 0 Å². The van der Waals surface area contributed by atoms with Gasteiger partial charge in [-0.3, -0.25) is 4.90 Å². The van der Waals surface area contributed by atoms with Crippen molar-refractivity contribution in [3.63, 3.8) is 0 Å². The van der Waals surface area contributed by atoms with Gasteiger partial charge in [0.05, 0.1) is 19.3 Å². The van der Waals surface area contributed by atoms with Crippen LogP contribution in [-0.4, -0.2) is 98.5 Å². The lowest BCUT2D eigenvalue weighted by Crippen LogP contribution is -2.64. The molecule has 2 aliphatic rings. The Hall–Kier alpha value is -1.21. The summed E-state index contributed by atoms with van der Waals surface area (Å²) in [4.78, 5) is -0.486. The second kappa shape index (κ2) is 9.92. The van der Waals surface area contributed by atoms with E-state index in [2.05, 4.69) is 14.2 Å². The van der Waals surface area contributed by atoms with Gasteiger partial charge in [0.2, 0.25) is 6.30 Å². The minimum atomic E-state index is -5.96. The van der Waals surface area contributed by atoms with E-state index in [1.54, 1.807) is 0 Å². The largest absolute Gasteiger partial charge is 0.425 e. The molecular weight excluding hydrogens is 539 g/mol. The van der Waals surface area contributed by atoms with E-state index in [1.165, 1.54) is 0 Å². The number of nitrogens with zero attached hydrogens (tertiary/aromatic N) is 1. The van der Waals surface area contributed by atoms with Crippen LogP contribution in [0, 0.1) is 0 Å². The summed E-state index contributed by atoms with van der Waals surface area (Å²) in [6.45, 7) is -6.34. The predicted octanol–water partition coefficient (Wildman–Crippen LogP) is 4.82. The summed E-state index contributed by atoms with van der Waals surface area (Å²) in [5.74, 6) is -9.93. The average molecular weight is 555 g/mol. The Kier molecular flexibility index (Phi) is 8.51. The smallest absolute Gasteiger partial charge is 0.373 e. The Balaban J connectivity index is 2.07. The van der Waals surface area contributed by atoms with Crippen LogP contribution in [0.2, 0.25) is 0 Å². The van der Waals surface area contributed by atoms with Gasteiger partial charge in [0.25, 0.3) is 12.1 Å². The molecule has 2 fully saturated rings. The molecule has 6 unspecified atom stereocenters. The van der Waals surface area contributed by atoms with Crippen LogP contribution in [0.5, 0.6) is 0 Å². The van der Waals surface area contributed by atoms with Crippen LogP contribution >= 0.6 is 0 Å². The fourth-order valence-corrected chi connectivity index (χ4v) is 3.26. The number of ether oxygens (including phenoxy) is 3. The van der Waals surface area contributed by atoms with E-state index < -0.39 is 105 Å². The average Bonchev–Trinajstić information content (AvgIpc) is 2.70. The summed E-state index contributed by atoms with van der Waals surface area (Å²) in [6, 6.07) is 0. The zero-order chi connectivity index (χ0) is 27.2. The van der Waals surface area contributed by atoms with Crippen molar-refractivity contribution < 1.29 is 80.1 Å². The highest BCUT2D eigenvalue weighted by Crippen LogP contribution is 2.41. The zero-order valence-electron chi connectivity index (χ0n) is 16.8. The van der Waals surface area contributed by atoms with Crippen molar-refractivity contribution in [1.82, 2.24) is 4.90 Å². The number of hydrogen-bond acceptors (Lipinski definition) is 4. The van der Waals surface area contributed by atoms with Crippen LogP contribution in [-0.2, 0) is 14.2 Å². The van der Waals surface area contributed by atoms with Crippen molar-refractivity contribution in [1.29, 1.82) is 0 Å². The van der Waals surface area contributed by atoms with Crippen molar-refractivity contribution in [2.75, 3.05) is 26.3 Å². The highest BCUT2D eigenvalue weighted by molar-refractivity contribution is 4.94. The molecular formula is C16H16F15NO3. The van der Waals surface area contributed by atoms with Crippen LogP contribution in [0.4, 0.5) is 65.9 Å². The van der Waals surface area contributed by atoms with Gasteiger partial charge in [-0.25, -0.2) is 17.6 Å². The Morgan fingerprint density at radius 3 is 1.54 bits per heavy atom. The van der Waals surface area contributed by atoms with E-state index >= 15 is 0 Å². The molecule has 0 saturated carbocycles. The first-order chi connectivity index (χ1) is 15.6. The van der Waals surface area contributed by atoms with Crippen molar-refractivity contribution in [3.8, 4) is 0 Å². The molecule has 35 heavy (non-hydrogen) atoms. The molecule has 0 aromatic carbocycles. The molecule has 0 amide bonds. The molecule has 0 aromatic rings. The van der Waals surface area contributed by atoms with Crippen LogP contribution < -0.4 is 0 Å². The van der Waals surface area contributed by atoms with Gasteiger partial charge in [0.15, 0.2) is 12.2 Å². The number of alkyl halides is 15. The van der Waals surface area contributed by atoms with E-state index in [1.807, 2.05) is 0 Å². The first-order valence-corrected chi connectivity index (χ1v) is 9.43. The molecule has 0 N–H and O–H groups in total. The Morgan fingerprint density at radius 2 is 1.17 bits per heavy atom. The lowest BCUT2D eigenvalue weighted by atomic mass is 10.0. The summed E-state index contributed by atoms with van der Waals surface area (Å²) < 4.78 is 210. The maximum absolute atomic E-state index is 14.5. The molecule has 6 atom stereocenters. The highest BCUT2D eigenvalue weighted by atomic mass is 19.4. The maximum Gasteiger partial charge on any atom is 0.425 e. The van der Waals surface area contributed by atoms with Gasteiger partial charge in [-0.2, -0.15) is 48.3 Å². The number of hydrogen-bond donors (Lipinski definition) is 0. The molecule has 2 saturated heterocycles. The van der Waals surface area contributed by atoms with Crippen LogP contribution in [0.25, 0.3) is 0 Å². The first-order valence-electron chi connectivity index (χ1n) is 9.43. The first kappa shape index (κ1) is 30.0. The third-order valence-corrected chi connectivity index (χ3v) is 5.05. The van der Waals surface area contributed by atoms with Gasteiger partial charge in [-0.15, -0.1) is 0 Å². The fourth-order valence-electron chi connectivity index (χ4n) is 3.26. The van der Waals surface area contributed by atoms with E-state index in [0.29, 0.717) is 0 Å². The quantitative estimate of drug-likeness (QED) is 0.348. The van der Waals surface area contributed by atoms with Gasteiger partial charge in [0, 0.05) is 19.5 Å². The highest BCUT2D eigenvalue weighted by Gasteiger charge is 2.61. The minimum absolute atomic E-state index is 0.486. The van der Waals surface area contributed by atoms with E-state index in [9.17, 15) is 65.9 Å². The third kappa shape index (κ3) is 7.18. The molecule has 0 spiro atoms. The normalized spacial score (nSPS) is 30.3. The summed E-state index contributed by atoms with van der Waals surface area (Å²) in [7, 11) is 0. The van der Waals surface area contributed by atoms with E-state index in [0.717, 1.165) is 0 Å². The van der Waals surface area contributed by atoms with Crippen molar-refractivity contribution in [2.24, 2.45) is 0 Å². The molecule has 2 aliphatic heterocycles. The molecule has 4 nitrogen and oxygen atoms in total. The topological polar surface area (TPSA) is 30.9 Å². The fraction of sp³-hybridized carbons (Fsp3) is 1.00. The molecule has 0 aliphatic carbocycles. The van der Waals surface area contributed by atoms with Gasteiger partial charge in [-0.05, 0) is 0 Å². The number of morpholine rings is 1. The van der Waals surface area contributed by atoms with E-state index in [4.69, 9.17) is 0 Å². The van der Waals surface area contributed by atoms with Crippen molar-refractivity contribution in [2.45, 2.75) is 73.7 Å². The lowest BCUT2D eigenvalue weighted by Gasteiger charge is -2.43. The minimum Gasteiger partial charge on any atom is -0.373 e. The number of rotatable bonds is 6. The van der Waals surface area contributed by atoms with Crippen LogP contribution in [0.1, 0.15) is 6.42 Å². The Bertz CT molecular complexity index is 680. The van der Waals surface area contributed by atoms with Gasteiger partial charge < -0.3 is 14.2 Å². The second-order valence-electron chi connectivity index (χ2n) is 7.81. The van der Waals surface area contributed by atoms with Crippen LogP contribution in [0.3, 0.4) is 0 Å². The molecule has 0 aromatic heterocycles. The summed E-state index contributed by atoms with van der Waals surface area (Å²) in [6.07, 6.45) is -38.7. The Morgan fingerprint density at radius 1 is 0.686 bits per heavy atom. The van der Waals surface area contributed by atoms with Gasteiger partial charge in [-0.1, -0.05) is 0 Å². The summed E-state index contributed by atoms with van der Waals surface area (Å²) >= 11 is 0.